The van der Waals surface area contributed by atoms with Crippen LogP contribution >= 0.6 is 0 Å². The van der Waals surface area contributed by atoms with Gasteiger partial charge in [0.15, 0.2) is 17.4 Å². The third kappa shape index (κ3) is 4.89. The number of hydrogen-bond donors (Lipinski definition) is 0. The smallest absolute Gasteiger partial charge is 0.216 e. The second-order valence-electron chi connectivity index (χ2n) is 9.86. The minimum absolute atomic E-state index is 0.0144. The molecule has 0 unspecified atom stereocenters. The Balaban J connectivity index is 1.41. The van der Waals surface area contributed by atoms with E-state index in [1.54, 1.807) is 18.2 Å². The van der Waals surface area contributed by atoms with E-state index in [2.05, 4.69) is 26.9 Å². The first-order valence-corrected chi connectivity index (χ1v) is 12.4. The first kappa shape index (κ1) is 24.5. The molecule has 36 heavy (non-hydrogen) atoms. The summed E-state index contributed by atoms with van der Waals surface area (Å²) in [6, 6.07) is 6.61. The number of pyridine rings is 1. The van der Waals surface area contributed by atoms with Gasteiger partial charge in [0.2, 0.25) is 5.95 Å². The van der Waals surface area contributed by atoms with Gasteiger partial charge >= 0.3 is 0 Å². The van der Waals surface area contributed by atoms with Crippen molar-refractivity contribution < 1.29 is 17.9 Å². The van der Waals surface area contributed by atoms with Crippen molar-refractivity contribution in [1.82, 2.24) is 19.9 Å². The van der Waals surface area contributed by atoms with Gasteiger partial charge in [-0.2, -0.15) is 4.39 Å². The predicted octanol–water partition coefficient (Wildman–Crippen LogP) is 4.96. The summed E-state index contributed by atoms with van der Waals surface area (Å²) in [4.78, 5) is 16.9. The van der Waals surface area contributed by atoms with Crippen LogP contribution < -0.4 is 9.64 Å². The normalized spacial score (nSPS) is 16.8. The molecule has 1 saturated heterocycles. The Morgan fingerprint density at radius 3 is 2.53 bits per heavy atom. The van der Waals surface area contributed by atoms with Gasteiger partial charge in [-0.25, -0.2) is 23.7 Å². The van der Waals surface area contributed by atoms with Crippen molar-refractivity contribution >= 4 is 5.69 Å². The highest BCUT2D eigenvalue weighted by molar-refractivity contribution is 5.72. The maximum atomic E-state index is 14.9. The number of nitrogens with zero attached hydrogens (tertiary/aromatic N) is 5. The van der Waals surface area contributed by atoms with Crippen LogP contribution in [-0.2, 0) is 6.42 Å². The fourth-order valence-corrected chi connectivity index (χ4v) is 5.03. The molecule has 1 fully saturated rings. The summed E-state index contributed by atoms with van der Waals surface area (Å²) in [5.74, 6) is -1.11. The molecule has 2 aliphatic heterocycles. The predicted molar refractivity (Wildman–Crippen MR) is 132 cm³/mol. The van der Waals surface area contributed by atoms with Crippen LogP contribution in [-0.4, -0.2) is 59.2 Å². The van der Waals surface area contributed by atoms with Crippen molar-refractivity contribution in [3.8, 4) is 17.0 Å². The summed E-state index contributed by atoms with van der Waals surface area (Å²) in [7, 11) is 2.07. The standard InChI is InChI=1S/C27H30F3N5O/c1-16(2)35-10-11-36-26-21(28)12-18(13-23(26)35)25-22(29)15-31-24(33-25)14-19-4-5-20(27(30)32-19)17-6-8-34(3)9-7-17/h4-5,12-13,15-17H,6-11,14H2,1-3H3. The van der Waals surface area contributed by atoms with E-state index in [9.17, 15) is 13.2 Å². The molecule has 0 atom stereocenters. The Morgan fingerprint density at radius 2 is 1.81 bits per heavy atom. The summed E-state index contributed by atoms with van der Waals surface area (Å²) in [6.07, 6.45) is 2.99. The van der Waals surface area contributed by atoms with Crippen LogP contribution in [0.5, 0.6) is 5.75 Å². The van der Waals surface area contributed by atoms with Gasteiger partial charge in [-0.15, -0.1) is 0 Å². The Morgan fingerprint density at radius 1 is 1.03 bits per heavy atom. The van der Waals surface area contributed by atoms with Gasteiger partial charge in [0.1, 0.15) is 18.1 Å². The third-order valence-corrected chi connectivity index (χ3v) is 7.04. The summed E-state index contributed by atoms with van der Waals surface area (Å²) >= 11 is 0. The zero-order valence-electron chi connectivity index (χ0n) is 20.8. The summed E-state index contributed by atoms with van der Waals surface area (Å²) in [5.41, 5.74) is 1.94. The lowest BCUT2D eigenvalue weighted by Crippen LogP contribution is -2.38. The van der Waals surface area contributed by atoms with Crippen molar-refractivity contribution in [3.05, 3.63) is 65.1 Å². The highest BCUT2D eigenvalue weighted by Gasteiger charge is 2.26. The third-order valence-electron chi connectivity index (χ3n) is 7.04. The molecule has 0 bridgehead atoms. The highest BCUT2D eigenvalue weighted by Crippen LogP contribution is 2.39. The van der Waals surface area contributed by atoms with Crippen molar-refractivity contribution in [2.24, 2.45) is 0 Å². The van der Waals surface area contributed by atoms with E-state index in [1.165, 1.54) is 6.07 Å². The SMILES string of the molecule is CC(C)N1CCOc2c(F)cc(-c3nc(Cc4ccc(C5CCN(C)CC5)c(F)n4)ncc3F)cc21. The lowest BCUT2D eigenvalue weighted by Gasteiger charge is -2.34. The average molecular weight is 498 g/mol. The van der Waals surface area contributed by atoms with E-state index in [4.69, 9.17) is 4.74 Å². The van der Waals surface area contributed by atoms with Gasteiger partial charge < -0.3 is 14.5 Å². The van der Waals surface area contributed by atoms with E-state index in [0.29, 0.717) is 35.7 Å². The molecule has 2 aromatic heterocycles. The Bertz CT molecular complexity index is 1260. The Labute approximate surface area is 209 Å². The fraction of sp³-hybridized carbons (Fsp3) is 0.444. The zero-order chi connectivity index (χ0) is 25.4. The summed E-state index contributed by atoms with van der Waals surface area (Å²) in [5, 5.41) is 0. The van der Waals surface area contributed by atoms with Gasteiger partial charge in [-0.1, -0.05) is 6.07 Å². The second kappa shape index (κ2) is 10.0. The number of benzene rings is 1. The Hall–Kier alpha value is -3.20. The average Bonchev–Trinajstić information content (AvgIpc) is 2.85. The molecule has 5 rings (SSSR count). The lowest BCUT2D eigenvalue weighted by molar-refractivity contribution is 0.252. The van der Waals surface area contributed by atoms with Crippen molar-refractivity contribution in [2.45, 2.75) is 45.1 Å². The number of hydrogen-bond acceptors (Lipinski definition) is 6. The highest BCUT2D eigenvalue weighted by atomic mass is 19.1. The maximum absolute atomic E-state index is 14.9. The van der Waals surface area contributed by atoms with Crippen molar-refractivity contribution in [1.29, 1.82) is 0 Å². The molecule has 6 nitrogen and oxygen atoms in total. The van der Waals surface area contributed by atoms with Crippen LogP contribution in [0.3, 0.4) is 0 Å². The van der Waals surface area contributed by atoms with E-state index in [0.717, 1.165) is 32.1 Å². The lowest BCUT2D eigenvalue weighted by atomic mass is 9.90. The molecule has 3 aromatic rings. The Kier molecular flexibility index (Phi) is 6.83. The van der Waals surface area contributed by atoms with Crippen LogP contribution in [0.1, 0.15) is 49.7 Å². The number of ether oxygens (including phenoxy) is 1. The number of likely N-dealkylation sites (tertiary alicyclic amines) is 1. The van der Waals surface area contributed by atoms with Crippen LogP contribution in [0, 0.1) is 17.6 Å². The maximum Gasteiger partial charge on any atom is 0.216 e. The van der Waals surface area contributed by atoms with Gasteiger partial charge in [0.05, 0.1) is 30.5 Å². The quantitative estimate of drug-likeness (QED) is 0.465. The molecular weight excluding hydrogens is 467 g/mol. The molecule has 1 aromatic carbocycles. The number of anilines is 1. The molecule has 9 heteroatoms. The molecule has 0 spiro atoms. The number of fused-ring (bicyclic) bond motifs is 1. The molecular formula is C27H30F3N5O. The molecule has 0 saturated carbocycles. The first-order valence-electron chi connectivity index (χ1n) is 12.4. The number of rotatable bonds is 5. The van der Waals surface area contributed by atoms with E-state index < -0.39 is 17.6 Å². The summed E-state index contributed by atoms with van der Waals surface area (Å²) < 4.78 is 50.1. The summed E-state index contributed by atoms with van der Waals surface area (Å²) in [6.45, 7) is 6.87. The molecule has 0 aliphatic carbocycles. The van der Waals surface area contributed by atoms with Crippen molar-refractivity contribution in [3.63, 3.8) is 0 Å². The van der Waals surface area contributed by atoms with Gasteiger partial charge in [-0.3, -0.25) is 0 Å². The van der Waals surface area contributed by atoms with Crippen LogP contribution in [0.4, 0.5) is 18.9 Å². The minimum Gasteiger partial charge on any atom is -0.486 e. The molecule has 0 radical (unpaired) electrons. The monoisotopic (exact) mass is 497 g/mol. The fourth-order valence-electron chi connectivity index (χ4n) is 5.03. The molecule has 0 amide bonds. The van der Waals surface area contributed by atoms with E-state index in [1.807, 2.05) is 18.7 Å². The number of piperidine rings is 1. The van der Waals surface area contributed by atoms with E-state index in [-0.39, 0.29) is 35.6 Å². The zero-order valence-corrected chi connectivity index (χ0v) is 20.8. The van der Waals surface area contributed by atoms with Crippen LogP contribution in [0.2, 0.25) is 0 Å². The van der Waals surface area contributed by atoms with E-state index >= 15 is 0 Å². The second-order valence-corrected chi connectivity index (χ2v) is 9.86. The molecule has 4 heterocycles. The van der Waals surface area contributed by atoms with Gasteiger partial charge in [0, 0.05) is 17.2 Å². The van der Waals surface area contributed by atoms with Crippen molar-refractivity contribution in [2.75, 3.05) is 38.2 Å². The first-order chi connectivity index (χ1) is 17.3. The van der Waals surface area contributed by atoms with Crippen LogP contribution in [0.15, 0.2) is 30.5 Å². The largest absolute Gasteiger partial charge is 0.486 e. The number of aromatic nitrogens is 3. The van der Waals surface area contributed by atoms with Gasteiger partial charge in [-0.05, 0) is 70.9 Å². The molecule has 190 valence electrons. The number of halogens is 3. The molecule has 0 N–H and O–H groups in total. The topological polar surface area (TPSA) is 54.4 Å². The van der Waals surface area contributed by atoms with Gasteiger partial charge in [0.25, 0.3) is 0 Å². The molecule has 2 aliphatic rings. The minimum atomic E-state index is -0.664. The van der Waals surface area contributed by atoms with Crippen LogP contribution in [0.25, 0.3) is 11.3 Å².